The van der Waals surface area contributed by atoms with Gasteiger partial charge in [-0.15, -0.1) is 0 Å². The van der Waals surface area contributed by atoms with Crippen molar-refractivity contribution in [1.82, 2.24) is 4.90 Å². The molecule has 2 fully saturated rings. The minimum absolute atomic E-state index is 0.0912. The topological polar surface area (TPSA) is 52.6 Å². The fourth-order valence-electron chi connectivity index (χ4n) is 4.07. The van der Waals surface area contributed by atoms with E-state index in [1.807, 2.05) is 23.1 Å². The molecule has 0 spiro atoms. The van der Waals surface area contributed by atoms with E-state index in [0.717, 1.165) is 30.6 Å². The van der Waals surface area contributed by atoms with Crippen molar-refractivity contribution in [2.24, 2.45) is 11.8 Å². The number of anilines is 1. The average Bonchev–Trinajstić information content (AvgIpc) is 2.63. The summed E-state index contributed by atoms with van der Waals surface area (Å²) in [4.78, 5) is 14.7. The van der Waals surface area contributed by atoms with Crippen LogP contribution < -0.4 is 5.32 Å². The molecule has 3 atom stereocenters. The van der Waals surface area contributed by atoms with Crippen LogP contribution in [0.1, 0.15) is 55.8 Å². The van der Waals surface area contributed by atoms with Crippen LogP contribution in [0.4, 0.5) is 5.69 Å². The molecular weight excluding hydrogens is 300 g/mol. The number of piperidine rings is 1. The highest BCUT2D eigenvalue weighted by Crippen LogP contribution is 2.27. The molecule has 3 unspecified atom stereocenters. The number of hydrogen-bond acceptors (Lipinski definition) is 3. The predicted octanol–water partition coefficient (Wildman–Crippen LogP) is 3.52. The van der Waals surface area contributed by atoms with Crippen LogP contribution in [-0.2, 0) is 0 Å². The van der Waals surface area contributed by atoms with E-state index in [1.54, 1.807) is 0 Å². The van der Waals surface area contributed by atoms with Crippen molar-refractivity contribution in [3.63, 3.8) is 0 Å². The second-order valence-electron chi connectivity index (χ2n) is 7.54. The van der Waals surface area contributed by atoms with Gasteiger partial charge in [-0.05, 0) is 55.7 Å². The quantitative estimate of drug-likeness (QED) is 0.888. The second-order valence-corrected chi connectivity index (χ2v) is 7.54. The highest BCUT2D eigenvalue weighted by Gasteiger charge is 2.25. The van der Waals surface area contributed by atoms with Gasteiger partial charge in [0.15, 0.2) is 0 Å². The van der Waals surface area contributed by atoms with Crippen LogP contribution in [0.25, 0.3) is 0 Å². The Labute approximate surface area is 145 Å². The first-order valence-electron chi connectivity index (χ1n) is 9.44. The van der Waals surface area contributed by atoms with E-state index in [1.165, 1.54) is 25.7 Å². The molecule has 1 amide bonds. The molecule has 0 radical (unpaired) electrons. The third-order valence-electron chi connectivity index (χ3n) is 5.64. The number of aliphatic hydroxyl groups excluding tert-OH is 1. The third kappa shape index (κ3) is 4.10. The maximum Gasteiger partial charge on any atom is 0.253 e. The zero-order chi connectivity index (χ0) is 16.9. The van der Waals surface area contributed by atoms with Crippen LogP contribution in [0.15, 0.2) is 24.3 Å². The minimum atomic E-state index is 0.0912. The monoisotopic (exact) mass is 330 g/mol. The predicted molar refractivity (Wildman–Crippen MR) is 97.2 cm³/mol. The van der Waals surface area contributed by atoms with Gasteiger partial charge in [0, 0.05) is 37.0 Å². The third-order valence-corrected chi connectivity index (χ3v) is 5.64. The van der Waals surface area contributed by atoms with Crippen molar-refractivity contribution >= 4 is 11.6 Å². The first-order valence-corrected chi connectivity index (χ1v) is 9.44. The normalized spacial score (nSPS) is 27.8. The summed E-state index contributed by atoms with van der Waals surface area (Å²) >= 11 is 0. The standard InChI is InChI=1S/C20H30N2O2/c1-15-6-2-3-10-19(15)21-18-9-4-8-17(12-18)20(24)22-11-5-7-16(13-22)14-23/h4,8-9,12,15-16,19,21,23H,2-3,5-7,10-11,13-14H2,1H3. The van der Waals surface area contributed by atoms with E-state index in [2.05, 4.69) is 18.3 Å². The summed E-state index contributed by atoms with van der Waals surface area (Å²) in [5.74, 6) is 1.01. The van der Waals surface area contributed by atoms with E-state index in [0.29, 0.717) is 18.5 Å². The summed E-state index contributed by atoms with van der Waals surface area (Å²) < 4.78 is 0. The molecule has 1 aromatic rings. The Morgan fingerprint density at radius 2 is 2.08 bits per heavy atom. The number of benzene rings is 1. The van der Waals surface area contributed by atoms with Crippen molar-refractivity contribution in [1.29, 1.82) is 0 Å². The highest BCUT2D eigenvalue weighted by atomic mass is 16.3. The Hall–Kier alpha value is -1.55. The molecular formula is C20H30N2O2. The number of likely N-dealkylation sites (tertiary alicyclic amines) is 1. The zero-order valence-corrected chi connectivity index (χ0v) is 14.7. The number of aliphatic hydroxyl groups is 1. The maximum absolute atomic E-state index is 12.8. The average molecular weight is 330 g/mol. The molecule has 1 aliphatic carbocycles. The van der Waals surface area contributed by atoms with Gasteiger partial charge in [0.05, 0.1) is 0 Å². The van der Waals surface area contributed by atoms with Gasteiger partial charge in [-0.2, -0.15) is 0 Å². The van der Waals surface area contributed by atoms with Crippen LogP contribution in [-0.4, -0.2) is 41.7 Å². The lowest BCUT2D eigenvalue weighted by Gasteiger charge is -2.32. The van der Waals surface area contributed by atoms with Crippen molar-refractivity contribution in [2.75, 3.05) is 25.0 Å². The molecule has 24 heavy (non-hydrogen) atoms. The van der Waals surface area contributed by atoms with Gasteiger partial charge < -0.3 is 15.3 Å². The van der Waals surface area contributed by atoms with Crippen LogP contribution in [0.3, 0.4) is 0 Å². The van der Waals surface area contributed by atoms with Crippen molar-refractivity contribution in [3.8, 4) is 0 Å². The van der Waals surface area contributed by atoms with Crippen molar-refractivity contribution in [2.45, 2.75) is 51.5 Å². The summed E-state index contributed by atoms with van der Waals surface area (Å²) in [7, 11) is 0. The van der Waals surface area contributed by atoms with Crippen molar-refractivity contribution < 1.29 is 9.90 Å². The molecule has 1 saturated heterocycles. The lowest BCUT2D eigenvalue weighted by molar-refractivity contribution is 0.0621. The molecule has 2 N–H and O–H groups in total. The highest BCUT2D eigenvalue weighted by molar-refractivity contribution is 5.95. The fraction of sp³-hybridized carbons (Fsp3) is 0.650. The smallest absolute Gasteiger partial charge is 0.253 e. The maximum atomic E-state index is 12.8. The summed E-state index contributed by atoms with van der Waals surface area (Å²) in [5.41, 5.74) is 1.80. The van der Waals surface area contributed by atoms with Gasteiger partial charge in [-0.25, -0.2) is 0 Å². The number of carbonyl (C=O) groups is 1. The van der Waals surface area contributed by atoms with Gasteiger partial charge in [0.25, 0.3) is 5.91 Å². The summed E-state index contributed by atoms with van der Waals surface area (Å²) in [6.07, 6.45) is 7.11. The van der Waals surface area contributed by atoms with E-state index >= 15 is 0 Å². The van der Waals surface area contributed by atoms with Crippen LogP contribution in [0.5, 0.6) is 0 Å². The Bertz CT molecular complexity index is 560. The van der Waals surface area contributed by atoms with Crippen molar-refractivity contribution in [3.05, 3.63) is 29.8 Å². The molecule has 1 aromatic carbocycles. The van der Waals surface area contributed by atoms with Gasteiger partial charge >= 0.3 is 0 Å². The second kappa shape index (κ2) is 8.02. The lowest BCUT2D eigenvalue weighted by Crippen LogP contribution is -2.41. The van der Waals surface area contributed by atoms with Gasteiger partial charge in [0.2, 0.25) is 0 Å². The minimum Gasteiger partial charge on any atom is -0.396 e. The summed E-state index contributed by atoms with van der Waals surface area (Å²) in [6.45, 7) is 3.96. The van der Waals surface area contributed by atoms with Crippen LogP contribution >= 0.6 is 0 Å². The van der Waals surface area contributed by atoms with Crippen LogP contribution in [0.2, 0.25) is 0 Å². The molecule has 0 bridgehead atoms. The molecule has 3 rings (SSSR count). The van der Waals surface area contributed by atoms with E-state index < -0.39 is 0 Å². The van der Waals surface area contributed by atoms with Gasteiger partial charge in [-0.3, -0.25) is 4.79 Å². The van der Waals surface area contributed by atoms with E-state index in [-0.39, 0.29) is 18.4 Å². The Balaban J connectivity index is 1.67. The fourth-order valence-corrected chi connectivity index (χ4v) is 4.07. The molecule has 132 valence electrons. The Kier molecular flexibility index (Phi) is 5.77. The number of carbonyl (C=O) groups excluding carboxylic acids is 1. The van der Waals surface area contributed by atoms with E-state index in [4.69, 9.17) is 0 Å². The Morgan fingerprint density at radius 3 is 2.88 bits per heavy atom. The number of amides is 1. The van der Waals surface area contributed by atoms with Gasteiger partial charge in [0.1, 0.15) is 0 Å². The molecule has 1 aliphatic heterocycles. The number of rotatable bonds is 4. The molecule has 4 nitrogen and oxygen atoms in total. The number of nitrogens with one attached hydrogen (secondary N) is 1. The molecule has 4 heteroatoms. The summed E-state index contributed by atoms with van der Waals surface area (Å²) in [5, 5.41) is 13.0. The van der Waals surface area contributed by atoms with E-state index in [9.17, 15) is 9.90 Å². The van der Waals surface area contributed by atoms with Gasteiger partial charge in [-0.1, -0.05) is 25.8 Å². The zero-order valence-electron chi connectivity index (χ0n) is 14.7. The first kappa shape index (κ1) is 17.3. The SMILES string of the molecule is CC1CCCCC1Nc1cccc(C(=O)N2CCCC(CO)C2)c1. The largest absolute Gasteiger partial charge is 0.396 e. The molecule has 1 heterocycles. The Morgan fingerprint density at radius 1 is 1.25 bits per heavy atom. The first-order chi connectivity index (χ1) is 11.7. The van der Waals surface area contributed by atoms with Crippen LogP contribution in [0, 0.1) is 11.8 Å². The molecule has 1 saturated carbocycles. The molecule has 0 aromatic heterocycles. The summed E-state index contributed by atoms with van der Waals surface area (Å²) in [6, 6.07) is 8.44. The lowest BCUT2D eigenvalue weighted by atomic mass is 9.86. The number of nitrogens with zero attached hydrogens (tertiary/aromatic N) is 1. The number of hydrogen-bond donors (Lipinski definition) is 2. The molecule has 2 aliphatic rings.